The molecule has 0 radical (unpaired) electrons. The van der Waals surface area contributed by atoms with Crippen LogP contribution in [0.3, 0.4) is 0 Å². The molecule has 1 rings (SSSR count). The maximum atomic E-state index is 11.7. The average Bonchev–Trinajstić information content (AvgIpc) is 2.25. The highest BCUT2D eigenvalue weighted by Gasteiger charge is 2.10. The minimum atomic E-state index is -0.454. The molecule has 1 aromatic heterocycles. The number of rotatable bonds is 4. The maximum Gasteiger partial charge on any atom is 0.326 e. The lowest BCUT2D eigenvalue weighted by atomic mass is 10.4. The molecule has 0 amide bonds. The number of hydrogen-bond donors (Lipinski definition) is 0. The van der Waals surface area contributed by atoms with E-state index in [-0.39, 0.29) is 12.1 Å². The molecule has 0 aliphatic rings. The van der Waals surface area contributed by atoms with E-state index < -0.39 is 5.97 Å². The fourth-order valence-electron chi connectivity index (χ4n) is 1.05. The number of carbonyl (C=O) groups is 1. The number of carbonyl (C=O) groups excluding carboxylic acids is 1. The van der Waals surface area contributed by atoms with Crippen LogP contribution in [-0.2, 0) is 21.4 Å². The van der Waals surface area contributed by atoms with Gasteiger partial charge < -0.3 is 4.74 Å². The zero-order chi connectivity index (χ0) is 12.1. The molecule has 0 saturated heterocycles. The lowest BCUT2D eigenvalue weighted by Gasteiger charge is -2.06. The summed E-state index contributed by atoms with van der Waals surface area (Å²) in [4.78, 5) is 27.0. The van der Waals surface area contributed by atoms with Gasteiger partial charge in [0.25, 0.3) is 5.56 Å². The summed E-state index contributed by atoms with van der Waals surface area (Å²) in [6.07, 6.45) is 1.33. The predicted octanol–water partition coefficient (Wildman–Crippen LogP) is 1.46. The molecule has 0 aliphatic carbocycles. The Labute approximate surface area is 109 Å². The predicted molar refractivity (Wildman–Crippen MR) is 65.5 cm³/mol. The van der Waals surface area contributed by atoms with Crippen LogP contribution in [0.4, 0.5) is 0 Å². The number of nitrogens with zero attached hydrogens (tertiary/aromatic N) is 2. The summed E-state index contributed by atoms with van der Waals surface area (Å²) in [6, 6.07) is 0. The number of aromatic nitrogens is 2. The van der Waals surface area contributed by atoms with Crippen molar-refractivity contribution < 1.29 is 9.53 Å². The fourth-order valence-corrected chi connectivity index (χ4v) is 2.32. The molecule has 0 aromatic carbocycles. The highest BCUT2D eigenvalue weighted by atomic mass is 79.9. The van der Waals surface area contributed by atoms with Gasteiger partial charge >= 0.3 is 5.97 Å². The second-order valence-corrected chi connectivity index (χ2v) is 4.23. The molecule has 7 heteroatoms. The van der Waals surface area contributed by atoms with E-state index in [1.165, 1.54) is 10.9 Å². The number of ether oxygens (including phenoxy) is 1. The van der Waals surface area contributed by atoms with E-state index >= 15 is 0 Å². The van der Waals surface area contributed by atoms with Gasteiger partial charge in [-0.1, -0.05) is 15.9 Å². The van der Waals surface area contributed by atoms with Crippen molar-refractivity contribution in [3.63, 3.8) is 0 Å². The van der Waals surface area contributed by atoms with Crippen LogP contribution in [0.2, 0.25) is 0 Å². The normalized spacial score (nSPS) is 10.2. The van der Waals surface area contributed by atoms with Crippen LogP contribution in [0.15, 0.2) is 15.6 Å². The molecule has 16 heavy (non-hydrogen) atoms. The van der Waals surface area contributed by atoms with Crippen molar-refractivity contribution in [2.45, 2.75) is 18.8 Å². The number of halogens is 2. The van der Waals surface area contributed by atoms with Crippen molar-refractivity contribution in [3.8, 4) is 0 Å². The molecule has 0 aliphatic heterocycles. The van der Waals surface area contributed by atoms with Crippen molar-refractivity contribution in [2.24, 2.45) is 0 Å². The zero-order valence-electron chi connectivity index (χ0n) is 8.57. The lowest BCUT2D eigenvalue weighted by molar-refractivity contribution is -0.143. The Balaban J connectivity index is 2.95. The quantitative estimate of drug-likeness (QED) is 0.607. The SMILES string of the molecule is CCOC(=O)Cn1cnc(CBr)c(Br)c1=O. The summed E-state index contributed by atoms with van der Waals surface area (Å²) >= 11 is 6.35. The molecule has 1 aromatic rings. The second-order valence-electron chi connectivity index (χ2n) is 2.88. The highest BCUT2D eigenvalue weighted by Crippen LogP contribution is 2.11. The van der Waals surface area contributed by atoms with Crippen LogP contribution >= 0.6 is 31.9 Å². The van der Waals surface area contributed by atoms with Gasteiger partial charge in [0.15, 0.2) is 0 Å². The summed E-state index contributed by atoms with van der Waals surface area (Å²) in [5.74, 6) is -0.454. The van der Waals surface area contributed by atoms with Gasteiger partial charge in [-0.15, -0.1) is 0 Å². The summed E-state index contributed by atoms with van der Waals surface area (Å²) in [7, 11) is 0. The number of esters is 1. The third kappa shape index (κ3) is 3.15. The van der Waals surface area contributed by atoms with Crippen molar-refractivity contribution in [2.75, 3.05) is 6.61 Å². The summed E-state index contributed by atoms with van der Waals surface area (Å²) in [5.41, 5.74) is 0.308. The van der Waals surface area contributed by atoms with Gasteiger partial charge in [-0.25, -0.2) is 4.98 Å². The summed E-state index contributed by atoms with van der Waals surface area (Å²) in [5, 5.41) is 0.475. The smallest absolute Gasteiger partial charge is 0.326 e. The molecule has 0 fully saturated rings. The first-order valence-corrected chi connectivity index (χ1v) is 6.47. The van der Waals surface area contributed by atoms with Crippen LogP contribution in [-0.4, -0.2) is 22.1 Å². The Bertz CT molecular complexity index is 445. The van der Waals surface area contributed by atoms with Gasteiger partial charge in [0.1, 0.15) is 11.0 Å². The van der Waals surface area contributed by atoms with E-state index in [1.54, 1.807) is 6.92 Å². The van der Waals surface area contributed by atoms with Crippen LogP contribution in [0.1, 0.15) is 12.6 Å². The van der Waals surface area contributed by atoms with E-state index in [4.69, 9.17) is 4.74 Å². The van der Waals surface area contributed by atoms with E-state index in [0.29, 0.717) is 22.1 Å². The van der Waals surface area contributed by atoms with E-state index in [2.05, 4.69) is 36.8 Å². The third-order valence-corrected chi connectivity index (χ3v) is 3.11. The number of hydrogen-bond acceptors (Lipinski definition) is 4. The Morgan fingerprint density at radius 2 is 2.31 bits per heavy atom. The van der Waals surface area contributed by atoms with Crippen LogP contribution in [0.25, 0.3) is 0 Å². The zero-order valence-corrected chi connectivity index (χ0v) is 11.7. The minimum absolute atomic E-state index is 0.124. The molecule has 0 N–H and O–H groups in total. The molecule has 0 atom stereocenters. The molecule has 0 unspecified atom stereocenters. The van der Waals surface area contributed by atoms with Gasteiger partial charge in [0.2, 0.25) is 0 Å². The lowest BCUT2D eigenvalue weighted by Crippen LogP contribution is -2.27. The maximum absolute atomic E-state index is 11.7. The molecular weight excluding hydrogens is 344 g/mol. The van der Waals surface area contributed by atoms with E-state index in [0.717, 1.165) is 0 Å². The molecule has 88 valence electrons. The standard InChI is InChI=1S/C9H10Br2N2O3/c1-2-16-7(14)4-13-5-12-6(3-10)8(11)9(13)15/h5H,2-4H2,1H3. The van der Waals surface area contributed by atoms with Crippen LogP contribution < -0.4 is 5.56 Å². The Hall–Kier alpha value is -0.690. The molecule has 1 heterocycles. The molecule has 0 spiro atoms. The van der Waals surface area contributed by atoms with Gasteiger partial charge in [-0.3, -0.25) is 14.2 Å². The van der Waals surface area contributed by atoms with Gasteiger partial charge in [-0.2, -0.15) is 0 Å². The van der Waals surface area contributed by atoms with E-state index in [1.807, 2.05) is 0 Å². The molecule has 5 nitrogen and oxygen atoms in total. The third-order valence-electron chi connectivity index (χ3n) is 1.79. The Morgan fingerprint density at radius 1 is 1.62 bits per heavy atom. The first kappa shape index (κ1) is 13.4. The Morgan fingerprint density at radius 3 is 2.88 bits per heavy atom. The fraction of sp³-hybridized carbons (Fsp3) is 0.444. The largest absolute Gasteiger partial charge is 0.465 e. The average molecular weight is 354 g/mol. The van der Waals surface area contributed by atoms with Gasteiger partial charge in [-0.05, 0) is 22.9 Å². The second kappa shape index (κ2) is 6.15. The van der Waals surface area contributed by atoms with Crippen molar-refractivity contribution in [3.05, 3.63) is 26.8 Å². The summed E-state index contributed by atoms with van der Waals surface area (Å²) in [6.45, 7) is 1.88. The molecule has 0 bridgehead atoms. The minimum Gasteiger partial charge on any atom is -0.465 e. The van der Waals surface area contributed by atoms with Gasteiger partial charge in [0.05, 0.1) is 18.6 Å². The molecule has 0 saturated carbocycles. The van der Waals surface area contributed by atoms with E-state index in [9.17, 15) is 9.59 Å². The molecular formula is C9H10Br2N2O3. The first-order chi connectivity index (χ1) is 7.60. The summed E-state index contributed by atoms with van der Waals surface area (Å²) < 4.78 is 6.31. The Kier molecular flexibility index (Phi) is 5.14. The van der Waals surface area contributed by atoms with Gasteiger partial charge in [0, 0.05) is 5.33 Å². The van der Waals surface area contributed by atoms with Crippen molar-refractivity contribution >= 4 is 37.8 Å². The van der Waals surface area contributed by atoms with Crippen molar-refractivity contribution in [1.29, 1.82) is 0 Å². The highest BCUT2D eigenvalue weighted by molar-refractivity contribution is 9.10. The van der Waals surface area contributed by atoms with Crippen LogP contribution in [0.5, 0.6) is 0 Å². The monoisotopic (exact) mass is 352 g/mol. The first-order valence-electron chi connectivity index (χ1n) is 4.55. The van der Waals surface area contributed by atoms with Crippen molar-refractivity contribution in [1.82, 2.24) is 9.55 Å². The topological polar surface area (TPSA) is 61.2 Å². The number of alkyl halides is 1. The van der Waals surface area contributed by atoms with Crippen LogP contribution in [0, 0.1) is 0 Å².